The van der Waals surface area contributed by atoms with Crippen molar-refractivity contribution in [3.63, 3.8) is 0 Å². The van der Waals surface area contributed by atoms with Gasteiger partial charge in [-0.2, -0.15) is 9.40 Å². The Morgan fingerprint density at radius 1 is 1.40 bits per heavy atom. The number of rotatable bonds is 3. The maximum Gasteiger partial charge on any atom is 0.211 e. The minimum absolute atomic E-state index is 0.222. The Morgan fingerprint density at radius 2 is 2.25 bits per heavy atom. The lowest BCUT2D eigenvalue weighted by molar-refractivity contribution is 0.393. The van der Waals surface area contributed by atoms with E-state index in [1.54, 1.807) is 24.7 Å². The van der Waals surface area contributed by atoms with Crippen LogP contribution in [0.3, 0.4) is 0 Å². The number of hydrogen-bond donors (Lipinski definition) is 1. The van der Waals surface area contributed by atoms with Crippen molar-refractivity contribution < 1.29 is 8.42 Å². The quantitative estimate of drug-likeness (QED) is 0.910. The van der Waals surface area contributed by atoms with Crippen LogP contribution in [0, 0.1) is 0 Å². The predicted molar refractivity (Wildman–Crippen MR) is 73.1 cm³/mol. The van der Waals surface area contributed by atoms with Crippen LogP contribution in [-0.4, -0.2) is 45.7 Å². The van der Waals surface area contributed by atoms with Gasteiger partial charge in [-0.1, -0.05) is 0 Å². The molecule has 0 radical (unpaired) electrons. The van der Waals surface area contributed by atoms with E-state index < -0.39 is 10.0 Å². The smallest absolute Gasteiger partial charge is 0.211 e. The van der Waals surface area contributed by atoms with Crippen molar-refractivity contribution in [1.82, 2.24) is 24.5 Å². The first kappa shape index (κ1) is 13.2. The minimum Gasteiger partial charge on any atom is -0.276 e. The molecule has 2 aromatic rings. The summed E-state index contributed by atoms with van der Waals surface area (Å²) in [4.78, 5) is 8.69. The van der Waals surface area contributed by atoms with Crippen LogP contribution in [0.1, 0.15) is 24.6 Å². The van der Waals surface area contributed by atoms with E-state index in [0.717, 1.165) is 18.5 Å². The number of nitrogens with zero attached hydrogens (tertiary/aromatic N) is 4. The van der Waals surface area contributed by atoms with Crippen LogP contribution >= 0.6 is 0 Å². The van der Waals surface area contributed by atoms with E-state index in [1.807, 2.05) is 0 Å². The summed E-state index contributed by atoms with van der Waals surface area (Å²) < 4.78 is 25.1. The van der Waals surface area contributed by atoms with Crippen LogP contribution in [0.15, 0.2) is 24.7 Å². The van der Waals surface area contributed by atoms with Gasteiger partial charge in [0, 0.05) is 12.7 Å². The molecule has 2 aromatic heterocycles. The van der Waals surface area contributed by atoms with Crippen molar-refractivity contribution in [3.05, 3.63) is 30.4 Å². The number of sulfonamides is 1. The Bertz CT molecular complexity index is 698. The van der Waals surface area contributed by atoms with Gasteiger partial charge in [-0.05, 0) is 18.9 Å². The first-order chi connectivity index (χ1) is 9.55. The molecule has 0 spiro atoms. The zero-order chi connectivity index (χ0) is 14.2. The summed E-state index contributed by atoms with van der Waals surface area (Å²) in [6.07, 6.45) is 7.76. The molecule has 1 fully saturated rings. The van der Waals surface area contributed by atoms with Crippen molar-refractivity contribution in [2.24, 2.45) is 0 Å². The van der Waals surface area contributed by atoms with Gasteiger partial charge in [-0.3, -0.25) is 10.1 Å². The summed E-state index contributed by atoms with van der Waals surface area (Å²) >= 11 is 0. The SMILES string of the molecule is CS(=O)(=O)N1CCC[C@H]1c1cncc(-c2ccn[nH]2)n1. The molecular weight excluding hydrogens is 278 g/mol. The number of hydrogen-bond acceptors (Lipinski definition) is 5. The third kappa shape index (κ3) is 2.44. The third-order valence-electron chi connectivity index (χ3n) is 3.40. The Labute approximate surface area is 117 Å². The average molecular weight is 293 g/mol. The largest absolute Gasteiger partial charge is 0.276 e. The second-order valence-electron chi connectivity index (χ2n) is 4.83. The molecule has 0 unspecified atom stereocenters. The highest BCUT2D eigenvalue weighted by Gasteiger charge is 2.33. The second kappa shape index (κ2) is 4.95. The Balaban J connectivity index is 1.97. The lowest BCUT2D eigenvalue weighted by Gasteiger charge is -2.21. The number of aromatic nitrogens is 4. The molecule has 106 valence electrons. The second-order valence-corrected chi connectivity index (χ2v) is 6.77. The molecule has 0 amide bonds. The van der Waals surface area contributed by atoms with Gasteiger partial charge in [0.2, 0.25) is 10.0 Å². The van der Waals surface area contributed by atoms with Gasteiger partial charge < -0.3 is 0 Å². The molecule has 1 atom stereocenters. The zero-order valence-corrected chi connectivity index (χ0v) is 11.8. The fourth-order valence-corrected chi connectivity index (χ4v) is 3.64. The Hall–Kier alpha value is -1.80. The molecule has 3 rings (SSSR count). The van der Waals surface area contributed by atoms with E-state index in [1.165, 1.54) is 10.6 Å². The number of H-pyrrole nitrogens is 1. The molecule has 8 heteroatoms. The van der Waals surface area contributed by atoms with E-state index in [0.29, 0.717) is 17.9 Å². The van der Waals surface area contributed by atoms with Crippen LogP contribution in [0.4, 0.5) is 0 Å². The molecular formula is C12H15N5O2S. The standard InChI is InChI=1S/C12H15N5O2S/c1-20(18,19)17-6-2-3-12(17)11-8-13-7-10(15-11)9-4-5-14-16-9/h4-5,7-8,12H,2-3,6H2,1H3,(H,14,16)/t12-/m0/s1. The van der Waals surface area contributed by atoms with Crippen LogP contribution < -0.4 is 0 Å². The Morgan fingerprint density at radius 3 is 2.95 bits per heavy atom. The zero-order valence-electron chi connectivity index (χ0n) is 11.0. The molecule has 0 saturated carbocycles. The molecule has 20 heavy (non-hydrogen) atoms. The monoisotopic (exact) mass is 293 g/mol. The molecule has 3 heterocycles. The van der Waals surface area contributed by atoms with Crippen molar-refractivity contribution in [3.8, 4) is 11.4 Å². The van der Waals surface area contributed by atoms with E-state index in [4.69, 9.17) is 0 Å². The third-order valence-corrected chi connectivity index (χ3v) is 4.69. The summed E-state index contributed by atoms with van der Waals surface area (Å²) in [7, 11) is -3.22. The summed E-state index contributed by atoms with van der Waals surface area (Å²) in [5, 5.41) is 6.71. The van der Waals surface area contributed by atoms with Crippen molar-refractivity contribution in [2.45, 2.75) is 18.9 Å². The summed E-state index contributed by atoms with van der Waals surface area (Å²) in [6, 6.07) is 1.58. The maximum atomic E-state index is 11.8. The van der Waals surface area contributed by atoms with Gasteiger partial charge in [0.1, 0.15) is 5.69 Å². The summed E-state index contributed by atoms with van der Waals surface area (Å²) in [6.45, 7) is 0.541. The minimum atomic E-state index is -3.22. The molecule has 1 N–H and O–H groups in total. The van der Waals surface area contributed by atoms with Crippen LogP contribution in [0.2, 0.25) is 0 Å². The molecule has 7 nitrogen and oxygen atoms in total. The van der Waals surface area contributed by atoms with E-state index in [-0.39, 0.29) is 6.04 Å². The number of nitrogens with one attached hydrogen (secondary N) is 1. The van der Waals surface area contributed by atoms with Crippen molar-refractivity contribution in [1.29, 1.82) is 0 Å². The molecule has 0 aliphatic carbocycles. The van der Waals surface area contributed by atoms with Gasteiger partial charge in [-0.15, -0.1) is 0 Å². The highest BCUT2D eigenvalue weighted by molar-refractivity contribution is 7.88. The normalized spacial score (nSPS) is 20.4. The lowest BCUT2D eigenvalue weighted by atomic mass is 10.1. The Kier molecular flexibility index (Phi) is 3.27. The summed E-state index contributed by atoms with van der Waals surface area (Å²) in [5.41, 5.74) is 2.11. The van der Waals surface area contributed by atoms with E-state index in [9.17, 15) is 8.42 Å². The highest BCUT2D eigenvalue weighted by atomic mass is 32.2. The van der Waals surface area contributed by atoms with Gasteiger partial charge in [0.05, 0.1) is 36.1 Å². The fraction of sp³-hybridized carbons (Fsp3) is 0.417. The van der Waals surface area contributed by atoms with Crippen molar-refractivity contribution in [2.75, 3.05) is 12.8 Å². The van der Waals surface area contributed by atoms with Gasteiger partial charge in [-0.25, -0.2) is 13.4 Å². The summed E-state index contributed by atoms with van der Waals surface area (Å²) in [5.74, 6) is 0. The van der Waals surface area contributed by atoms with Crippen LogP contribution in [0.25, 0.3) is 11.4 Å². The molecule has 1 aliphatic rings. The van der Waals surface area contributed by atoms with Crippen LogP contribution in [0.5, 0.6) is 0 Å². The van der Waals surface area contributed by atoms with Crippen molar-refractivity contribution >= 4 is 10.0 Å². The predicted octanol–water partition coefficient (Wildman–Crippen LogP) is 0.963. The highest BCUT2D eigenvalue weighted by Crippen LogP contribution is 2.33. The van der Waals surface area contributed by atoms with E-state index >= 15 is 0 Å². The van der Waals surface area contributed by atoms with Gasteiger partial charge >= 0.3 is 0 Å². The molecule has 0 aromatic carbocycles. The maximum absolute atomic E-state index is 11.8. The first-order valence-corrected chi connectivity index (χ1v) is 8.19. The topological polar surface area (TPSA) is 91.8 Å². The van der Waals surface area contributed by atoms with Crippen LogP contribution in [-0.2, 0) is 10.0 Å². The van der Waals surface area contributed by atoms with Gasteiger partial charge in [0.15, 0.2) is 0 Å². The molecule has 1 saturated heterocycles. The lowest BCUT2D eigenvalue weighted by Crippen LogP contribution is -2.30. The fourth-order valence-electron chi connectivity index (χ4n) is 2.50. The molecule has 0 bridgehead atoms. The first-order valence-electron chi connectivity index (χ1n) is 6.34. The van der Waals surface area contributed by atoms with Gasteiger partial charge in [0.25, 0.3) is 0 Å². The number of aromatic amines is 1. The average Bonchev–Trinajstić information content (AvgIpc) is 3.10. The molecule has 1 aliphatic heterocycles. The van der Waals surface area contributed by atoms with E-state index in [2.05, 4.69) is 20.2 Å².